The van der Waals surface area contributed by atoms with Crippen LogP contribution in [0.4, 0.5) is 0 Å². The van der Waals surface area contributed by atoms with Crippen LogP contribution in [0.3, 0.4) is 0 Å². The van der Waals surface area contributed by atoms with Crippen molar-refractivity contribution in [2.24, 2.45) is 0 Å². The Balaban J connectivity index is 2.05. The Morgan fingerprint density at radius 2 is 2.36 bits per heavy atom. The van der Waals surface area contributed by atoms with Crippen LogP contribution < -0.4 is 10.1 Å². The average molecular weight is 212 g/mol. The number of aryl methyl sites for hydroxylation is 1. The summed E-state index contributed by atoms with van der Waals surface area (Å²) in [5.41, 5.74) is 1.06. The van der Waals surface area contributed by atoms with E-state index in [1.54, 1.807) is 0 Å². The third-order valence-corrected chi connectivity index (χ3v) is 2.87. The number of hydrogen-bond acceptors (Lipinski definition) is 2. The molecule has 2 nitrogen and oxygen atoms in total. The molecule has 1 N–H and O–H groups in total. The van der Waals surface area contributed by atoms with Gasteiger partial charge in [-0.1, -0.05) is 11.6 Å². The smallest absolute Gasteiger partial charge is 0.120 e. The lowest BCUT2D eigenvalue weighted by Crippen LogP contribution is -2.19. The molecule has 1 fully saturated rings. The zero-order valence-corrected chi connectivity index (χ0v) is 8.97. The second-order valence-corrected chi connectivity index (χ2v) is 4.05. The molecule has 1 saturated heterocycles. The van der Waals surface area contributed by atoms with Gasteiger partial charge in [-0.15, -0.1) is 0 Å². The van der Waals surface area contributed by atoms with E-state index in [0.717, 1.165) is 35.8 Å². The van der Waals surface area contributed by atoms with E-state index < -0.39 is 0 Å². The molecule has 0 radical (unpaired) electrons. The standard InChI is InChI=1S/C11H14ClNO/c1-8-6-9(2-3-11(8)12)14-10-4-5-13-7-10/h2-3,6,10,13H,4-5,7H2,1H3/t10-/m0/s1. The van der Waals surface area contributed by atoms with E-state index in [1.165, 1.54) is 0 Å². The van der Waals surface area contributed by atoms with E-state index in [0.29, 0.717) is 6.10 Å². The molecule has 3 heteroatoms. The molecule has 1 aliphatic heterocycles. The van der Waals surface area contributed by atoms with Gasteiger partial charge in [0.15, 0.2) is 0 Å². The predicted octanol–water partition coefficient (Wildman–Crippen LogP) is 2.39. The molecule has 1 atom stereocenters. The van der Waals surface area contributed by atoms with Crippen LogP contribution in [0.2, 0.25) is 5.02 Å². The second kappa shape index (κ2) is 4.20. The fourth-order valence-corrected chi connectivity index (χ4v) is 1.73. The number of ether oxygens (including phenoxy) is 1. The van der Waals surface area contributed by atoms with Gasteiger partial charge in [-0.25, -0.2) is 0 Å². The normalized spacial score (nSPS) is 21.1. The molecule has 1 aliphatic rings. The Hall–Kier alpha value is -0.730. The molecule has 0 bridgehead atoms. The van der Waals surface area contributed by atoms with E-state index in [1.807, 2.05) is 25.1 Å². The van der Waals surface area contributed by atoms with Crippen molar-refractivity contribution in [3.05, 3.63) is 28.8 Å². The van der Waals surface area contributed by atoms with Crippen LogP contribution in [-0.2, 0) is 0 Å². The maximum absolute atomic E-state index is 5.93. The largest absolute Gasteiger partial charge is 0.489 e. The van der Waals surface area contributed by atoms with Crippen molar-refractivity contribution < 1.29 is 4.74 Å². The Morgan fingerprint density at radius 1 is 1.50 bits per heavy atom. The molecule has 0 spiro atoms. The quantitative estimate of drug-likeness (QED) is 0.811. The highest BCUT2D eigenvalue weighted by molar-refractivity contribution is 6.31. The summed E-state index contributed by atoms with van der Waals surface area (Å²) >= 11 is 5.93. The maximum atomic E-state index is 5.93. The van der Waals surface area contributed by atoms with E-state index in [9.17, 15) is 0 Å². The van der Waals surface area contributed by atoms with E-state index >= 15 is 0 Å². The van der Waals surface area contributed by atoms with Crippen LogP contribution in [0.15, 0.2) is 18.2 Å². The summed E-state index contributed by atoms with van der Waals surface area (Å²) in [6.07, 6.45) is 1.40. The molecule has 1 heterocycles. The van der Waals surface area contributed by atoms with Crippen molar-refractivity contribution in [1.29, 1.82) is 0 Å². The van der Waals surface area contributed by atoms with Crippen LogP contribution in [0.5, 0.6) is 5.75 Å². The van der Waals surface area contributed by atoms with Crippen molar-refractivity contribution in [3.63, 3.8) is 0 Å². The highest BCUT2D eigenvalue weighted by Gasteiger charge is 2.15. The number of rotatable bonds is 2. The van der Waals surface area contributed by atoms with E-state index in [-0.39, 0.29) is 0 Å². The lowest BCUT2D eigenvalue weighted by molar-refractivity contribution is 0.223. The first-order valence-corrected chi connectivity index (χ1v) is 5.27. The molecule has 0 aliphatic carbocycles. The van der Waals surface area contributed by atoms with Crippen molar-refractivity contribution in [1.82, 2.24) is 5.32 Å². The van der Waals surface area contributed by atoms with Gasteiger partial charge in [-0.2, -0.15) is 0 Å². The first kappa shape index (κ1) is 9.81. The van der Waals surface area contributed by atoms with E-state index in [2.05, 4.69) is 5.32 Å². The number of hydrogen-bond donors (Lipinski definition) is 1. The minimum Gasteiger partial charge on any atom is -0.489 e. The van der Waals surface area contributed by atoms with Crippen LogP contribution >= 0.6 is 11.6 Å². The maximum Gasteiger partial charge on any atom is 0.120 e. The molecule has 1 aromatic rings. The topological polar surface area (TPSA) is 21.3 Å². The average Bonchev–Trinajstić information content (AvgIpc) is 2.64. The van der Waals surface area contributed by atoms with E-state index in [4.69, 9.17) is 16.3 Å². The first-order valence-electron chi connectivity index (χ1n) is 4.89. The minimum absolute atomic E-state index is 0.315. The molecule has 0 aromatic heterocycles. The van der Waals surface area contributed by atoms with Gasteiger partial charge in [0.1, 0.15) is 11.9 Å². The lowest BCUT2D eigenvalue weighted by Gasteiger charge is -2.13. The molecular weight excluding hydrogens is 198 g/mol. The zero-order chi connectivity index (χ0) is 9.97. The lowest BCUT2D eigenvalue weighted by atomic mass is 10.2. The number of halogens is 1. The molecule has 1 aromatic carbocycles. The summed E-state index contributed by atoms with van der Waals surface area (Å²) in [5, 5.41) is 4.06. The SMILES string of the molecule is Cc1cc(O[C@H]2CCNC2)ccc1Cl. The van der Waals surface area contributed by atoms with Crippen molar-refractivity contribution in [2.75, 3.05) is 13.1 Å². The summed E-state index contributed by atoms with van der Waals surface area (Å²) in [6, 6.07) is 5.79. The monoisotopic (exact) mass is 211 g/mol. The van der Waals surface area contributed by atoms with Gasteiger partial charge in [0.05, 0.1) is 0 Å². The number of nitrogens with one attached hydrogen (secondary N) is 1. The summed E-state index contributed by atoms with van der Waals surface area (Å²) in [5.74, 6) is 0.917. The Kier molecular flexibility index (Phi) is 2.94. The summed E-state index contributed by atoms with van der Waals surface area (Å²) < 4.78 is 5.79. The molecule has 14 heavy (non-hydrogen) atoms. The van der Waals surface area contributed by atoms with Gasteiger partial charge < -0.3 is 10.1 Å². The Labute approximate surface area is 89.2 Å². The zero-order valence-electron chi connectivity index (χ0n) is 8.22. The summed E-state index contributed by atoms with van der Waals surface area (Å²) in [7, 11) is 0. The first-order chi connectivity index (χ1) is 6.75. The summed E-state index contributed by atoms with van der Waals surface area (Å²) in [6.45, 7) is 3.99. The third kappa shape index (κ3) is 2.20. The molecular formula is C11H14ClNO. The second-order valence-electron chi connectivity index (χ2n) is 3.64. The van der Waals surface area contributed by atoms with Gasteiger partial charge in [-0.3, -0.25) is 0 Å². The van der Waals surface area contributed by atoms with Crippen molar-refractivity contribution in [2.45, 2.75) is 19.4 Å². The predicted molar refractivity (Wildman–Crippen MR) is 58.1 cm³/mol. The third-order valence-electron chi connectivity index (χ3n) is 2.45. The van der Waals surface area contributed by atoms with Gasteiger partial charge in [0.2, 0.25) is 0 Å². The van der Waals surface area contributed by atoms with Gasteiger partial charge in [-0.05, 0) is 43.7 Å². The Morgan fingerprint density at radius 3 is 3.00 bits per heavy atom. The van der Waals surface area contributed by atoms with Crippen LogP contribution in [0, 0.1) is 6.92 Å². The molecule has 76 valence electrons. The van der Waals surface area contributed by atoms with Gasteiger partial charge in [0, 0.05) is 11.6 Å². The fraction of sp³-hybridized carbons (Fsp3) is 0.455. The van der Waals surface area contributed by atoms with Crippen LogP contribution in [0.1, 0.15) is 12.0 Å². The minimum atomic E-state index is 0.315. The highest BCUT2D eigenvalue weighted by Crippen LogP contribution is 2.22. The fourth-order valence-electron chi connectivity index (χ4n) is 1.61. The Bertz CT molecular complexity index is 321. The van der Waals surface area contributed by atoms with Gasteiger partial charge >= 0.3 is 0 Å². The van der Waals surface area contributed by atoms with Crippen molar-refractivity contribution >= 4 is 11.6 Å². The van der Waals surface area contributed by atoms with Crippen molar-refractivity contribution in [3.8, 4) is 5.75 Å². The number of benzene rings is 1. The molecule has 0 unspecified atom stereocenters. The van der Waals surface area contributed by atoms with Gasteiger partial charge in [0.25, 0.3) is 0 Å². The molecule has 0 saturated carbocycles. The highest BCUT2D eigenvalue weighted by atomic mass is 35.5. The van der Waals surface area contributed by atoms with Crippen LogP contribution in [0.25, 0.3) is 0 Å². The van der Waals surface area contributed by atoms with Crippen LogP contribution in [-0.4, -0.2) is 19.2 Å². The molecule has 0 amide bonds. The molecule has 2 rings (SSSR count). The summed E-state index contributed by atoms with van der Waals surface area (Å²) in [4.78, 5) is 0.